The van der Waals surface area contributed by atoms with Crippen LogP contribution >= 0.6 is 0 Å². The molecule has 0 saturated heterocycles. The van der Waals surface area contributed by atoms with Crippen molar-refractivity contribution in [2.75, 3.05) is 17.6 Å². The van der Waals surface area contributed by atoms with Gasteiger partial charge in [0, 0.05) is 6.04 Å². The number of hydrogen-bond donors (Lipinski definition) is 2. The van der Waals surface area contributed by atoms with E-state index in [1.165, 1.54) is 12.1 Å². The molecule has 0 aliphatic rings. The standard InChI is InChI=1S/C12H18N2O4S/c1-4-18-12(15)10-7-9(8(2)13)5-6-11(10)14-19(3,16)17/h5-8,14H,4,13H2,1-3H3/t8-/m1/s1. The second-order valence-electron chi connectivity index (χ2n) is 4.19. The first kappa shape index (κ1) is 15.5. The summed E-state index contributed by atoms with van der Waals surface area (Å²) in [5.74, 6) is -0.587. The average molecular weight is 286 g/mol. The van der Waals surface area contributed by atoms with Crippen LogP contribution in [0.2, 0.25) is 0 Å². The first-order chi connectivity index (χ1) is 8.74. The highest BCUT2D eigenvalue weighted by Gasteiger charge is 2.16. The molecule has 1 atom stereocenters. The highest BCUT2D eigenvalue weighted by Crippen LogP contribution is 2.22. The van der Waals surface area contributed by atoms with Crippen molar-refractivity contribution >= 4 is 21.7 Å². The number of esters is 1. The van der Waals surface area contributed by atoms with Crippen molar-refractivity contribution in [1.29, 1.82) is 0 Å². The highest BCUT2D eigenvalue weighted by atomic mass is 32.2. The van der Waals surface area contributed by atoms with E-state index in [0.29, 0.717) is 0 Å². The SMILES string of the molecule is CCOC(=O)c1cc([C@@H](C)N)ccc1NS(C)(=O)=O. The van der Waals surface area contributed by atoms with Crippen molar-refractivity contribution in [3.05, 3.63) is 29.3 Å². The first-order valence-electron chi connectivity index (χ1n) is 5.79. The first-order valence-corrected chi connectivity index (χ1v) is 7.68. The molecule has 1 aromatic carbocycles. The summed E-state index contributed by atoms with van der Waals surface area (Å²) in [6, 6.07) is 4.45. The molecule has 0 heterocycles. The van der Waals surface area contributed by atoms with Gasteiger partial charge in [-0.1, -0.05) is 6.07 Å². The molecule has 0 bridgehead atoms. The number of benzene rings is 1. The molecule has 0 aliphatic carbocycles. The van der Waals surface area contributed by atoms with Crippen molar-refractivity contribution in [2.24, 2.45) is 5.73 Å². The van der Waals surface area contributed by atoms with Gasteiger partial charge in [0.1, 0.15) is 0 Å². The molecule has 19 heavy (non-hydrogen) atoms. The number of carbonyl (C=O) groups excluding carboxylic acids is 1. The molecule has 3 N–H and O–H groups in total. The van der Waals surface area contributed by atoms with Gasteiger partial charge in [0.2, 0.25) is 10.0 Å². The fourth-order valence-electron chi connectivity index (χ4n) is 1.51. The van der Waals surface area contributed by atoms with E-state index in [2.05, 4.69) is 4.72 Å². The fourth-order valence-corrected chi connectivity index (χ4v) is 2.09. The van der Waals surface area contributed by atoms with Gasteiger partial charge in [-0.3, -0.25) is 4.72 Å². The maximum absolute atomic E-state index is 11.8. The summed E-state index contributed by atoms with van der Waals surface area (Å²) in [4.78, 5) is 11.8. The molecule has 1 rings (SSSR count). The van der Waals surface area contributed by atoms with Crippen LogP contribution in [-0.2, 0) is 14.8 Å². The molecule has 0 saturated carbocycles. The lowest BCUT2D eigenvalue weighted by Gasteiger charge is -2.13. The van der Waals surface area contributed by atoms with E-state index in [-0.39, 0.29) is 23.9 Å². The van der Waals surface area contributed by atoms with E-state index in [1.54, 1.807) is 19.9 Å². The van der Waals surface area contributed by atoms with Gasteiger partial charge < -0.3 is 10.5 Å². The molecule has 0 spiro atoms. The van der Waals surface area contributed by atoms with Crippen LogP contribution in [0.4, 0.5) is 5.69 Å². The minimum Gasteiger partial charge on any atom is -0.462 e. The molecule has 0 fully saturated rings. The Morgan fingerprint density at radius 1 is 1.47 bits per heavy atom. The van der Waals surface area contributed by atoms with Crippen LogP contribution < -0.4 is 10.5 Å². The molecule has 7 heteroatoms. The summed E-state index contributed by atoms with van der Waals surface area (Å²) in [6.07, 6.45) is 1.02. The van der Waals surface area contributed by atoms with Gasteiger partial charge in [-0.05, 0) is 31.5 Å². The summed E-state index contributed by atoms with van der Waals surface area (Å²) < 4.78 is 29.7. The van der Waals surface area contributed by atoms with Crippen molar-refractivity contribution in [1.82, 2.24) is 0 Å². The molecule has 0 radical (unpaired) electrons. The number of ether oxygens (including phenoxy) is 1. The Balaban J connectivity index is 3.26. The Hall–Kier alpha value is -1.60. The monoisotopic (exact) mass is 286 g/mol. The molecule has 1 aromatic rings. The lowest BCUT2D eigenvalue weighted by Crippen LogP contribution is -2.16. The van der Waals surface area contributed by atoms with Gasteiger partial charge in [-0.25, -0.2) is 13.2 Å². The smallest absolute Gasteiger partial charge is 0.340 e. The van der Waals surface area contributed by atoms with Crippen LogP contribution in [0.3, 0.4) is 0 Å². The maximum atomic E-state index is 11.8. The second-order valence-corrected chi connectivity index (χ2v) is 5.94. The Kier molecular flexibility index (Phi) is 4.90. The zero-order chi connectivity index (χ0) is 14.6. The minimum absolute atomic E-state index is 0.155. The van der Waals surface area contributed by atoms with E-state index < -0.39 is 16.0 Å². The lowest BCUT2D eigenvalue weighted by molar-refractivity contribution is 0.0527. The third-order valence-corrected chi connectivity index (χ3v) is 2.95. The van der Waals surface area contributed by atoms with Gasteiger partial charge in [-0.15, -0.1) is 0 Å². The number of nitrogens with two attached hydrogens (primary N) is 1. The number of rotatable bonds is 5. The number of anilines is 1. The predicted molar refractivity (Wildman–Crippen MR) is 73.5 cm³/mol. The number of carbonyl (C=O) groups is 1. The van der Waals surface area contributed by atoms with E-state index in [4.69, 9.17) is 10.5 Å². The van der Waals surface area contributed by atoms with Gasteiger partial charge in [0.05, 0.1) is 24.1 Å². The third-order valence-electron chi connectivity index (χ3n) is 2.36. The Morgan fingerprint density at radius 3 is 2.58 bits per heavy atom. The third kappa shape index (κ3) is 4.53. The van der Waals surface area contributed by atoms with Gasteiger partial charge in [0.25, 0.3) is 0 Å². The topological polar surface area (TPSA) is 98.5 Å². The number of sulfonamides is 1. The molecule has 6 nitrogen and oxygen atoms in total. The molecule has 0 aromatic heterocycles. The van der Waals surface area contributed by atoms with Crippen molar-refractivity contribution in [3.63, 3.8) is 0 Å². The van der Waals surface area contributed by atoms with E-state index >= 15 is 0 Å². The van der Waals surface area contributed by atoms with Crippen LogP contribution in [-0.4, -0.2) is 27.2 Å². The molecular formula is C12H18N2O4S. The van der Waals surface area contributed by atoms with Crippen LogP contribution in [0.25, 0.3) is 0 Å². The lowest BCUT2D eigenvalue weighted by atomic mass is 10.0. The molecule has 0 aliphatic heterocycles. The Bertz CT molecular complexity index is 567. The summed E-state index contributed by atoms with van der Waals surface area (Å²) in [6.45, 7) is 3.66. The van der Waals surface area contributed by atoms with Crippen molar-refractivity contribution in [3.8, 4) is 0 Å². The largest absolute Gasteiger partial charge is 0.462 e. The molecule has 0 unspecified atom stereocenters. The zero-order valence-electron chi connectivity index (χ0n) is 11.1. The van der Waals surface area contributed by atoms with Gasteiger partial charge in [-0.2, -0.15) is 0 Å². The van der Waals surface area contributed by atoms with Crippen molar-refractivity contribution in [2.45, 2.75) is 19.9 Å². The number of hydrogen-bond acceptors (Lipinski definition) is 5. The van der Waals surface area contributed by atoms with Crippen LogP contribution in [0, 0.1) is 0 Å². The minimum atomic E-state index is -3.47. The van der Waals surface area contributed by atoms with Crippen LogP contribution in [0.5, 0.6) is 0 Å². The molecule has 0 amide bonds. The predicted octanol–water partition coefficient (Wildman–Crippen LogP) is 1.25. The summed E-state index contributed by atoms with van der Waals surface area (Å²) in [7, 11) is -3.47. The quantitative estimate of drug-likeness (QED) is 0.794. The summed E-state index contributed by atoms with van der Waals surface area (Å²) in [5, 5.41) is 0. The van der Waals surface area contributed by atoms with E-state index in [9.17, 15) is 13.2 Å². The van der Waals surface area contributed by atoms with E-state index in [1.807, 2.05) is 0 Å². The Morgan fingerprint density at radius 2 is 2.11 bits per heavy atom. The number of nitrogens with one attached hydrogen (secondary N) is 1. The fraction of sp³-hybridized carbons (Fsp3) is 0.417. The second kappa shape index (κ2) is 6.03. The summed E-state index contributed by atoms with van der Waals surface area (Å²) in [5.41, 5.74) is 6.81. The van der Waals surface area contributed by atoms with Gasteiger partial charge in [0.15, 0.2) is 0 Å². The Labute approximate surface area is 113 Å². The van der Waals surface area contributed by atoms with Crippen molar-refractivity contribution < 1.29 is 17.9 Å². The van der Waals surface area contributed by atoms with Crippen LogP contribution in [0.15, 0.2) is 18.2 Å². The van der Waals surface area contributed by atoms with Crippen LogP contribution in [0.1, 0.15) is 35.8 Å². The highest BCUT2D eigenvalue weighted by molar-refractivity contribution is 7.92. The zero-order valence-corrected chi connectivity index (χ0v) is 12.0. The average Bonchev–Trinajstić information content (AvgIpc) is 2.27. The van der Waals surface area contributed by atoms with E-state index in [0.717, 1.165) is 11.8 Å². The van der Waals surface area contributed by atoms with Gasteiger partial charge >= 0.3 is 5.97 Å². The molecule has 106 valence electrons. The molecular weight excluding hydrogens is 268 g/mol. The maximum Gasteiger partial charge on any atom is 0.340 e. The normalized spacial score (nSPS) is 12.8. The summed E-state index contributed by atoms with van der Waals surface area (Å²) >= 11 is 0.